The molecule has 1 fully saturated rings. The van der Waals surface area contributed by atoms with E-state index in [1.807, 2.05) is 0 Å². The lowest BCUT2D eigenvalue weighted by Crippen LogP contribution is -2.64. The summed E-state index contributed by atoms with van der Waals surface area (Å²) in [5, 5.41) is 4.96. The molecule has 0 aromatic heterocycles. The number of methoxy groups -OCH3 is 1. The third-order valence-corrected chi connectivity index (χ3v) is 1.49. The highest BCUT2D eigenvalue weighted by Crippen LogP contribution is 2.05. The van der Waals surface area contributed by atoms with Crippen molar-refractivity contribution in [3.63, 3.8) is 0 Å². The minimum absolute atomic E-state index is 0.126. The summed E-state index contributed by atoms with van der Waals surface area (Å²) in [4.78, 5) is 21.6. The van der Waals surface area contributed by atoms with Gasteiger partial charge in [-0.3, -0.25) is 9.59 Å². The lowest BCUT2D eigenvalue weighted by molar-refractivity contribution is -0.151. The van der Waals surface area contributed by atoms with Gasteiger partial charge in [0.25, 0.3) is 0 Å². The van der Waals surface area contributed by atoms with Crippen LogP contribution in [0.1, 0.15) is 13.3 Å². The van der Waals surface area contributed by atoms with E-state index in [9.17, 15) is 9.59 Å². The number of rotatable bonds is 1. The van der Waals surface area contributed by atoms with E-state index in [2.05, 4.69) is 10.6 Å². The van der Waals surface area contributed by atoms with Crippen molar-refractivity contribution in [2.24, 2.45) is 0 Å². The zero-order valence-corrected chi connectivity index (χ0v) is 6.43. The Balaban J connectivity index is 2.70. The zero-order valence-electron chi connectivity index (χ0n) is 6.43. The lowest BCUT2D eigenvalue weighted by atomic mass is 10.2. The van der Waals surface area contributed by atoms with Gasteiger partial charge in [0, 0.05) is 14.0 Å². The van der Waals surface area contributed by atoms with Crippen LogP contribution in [0.5, 0.6) is 0 Å². The molecule has 1 heterocycles. The predicted octanol–water partition coefficient (Wildman–Crippen LogP) is -1.06. The molecule has 0 aliphatic carbocycles. The van der Waals surface area contributed by atoms with Crippen LogP contribution < -0.4 is 10.6 Å². The van der Waals surface area contributed by atoms with Gasteiger partial charge >= 0.3 is 0 Å². The number of carbonyl (C=O) groups is 2. The van der Waals surface area contributed by atoms with Gasteiger partial charge in [0.15, 0.2) is 0 Å². The smallest absolute Gasteiger partial charge is 0.233 e. The molecular formula is C6H10N2O3. The zero-order chi connectivity index (χ0) is 8.48. The minimum atomic E-state index is -1.04. The second-order valence-electron chi connectivity index (χ2n) is 2.51. The second kappa shape index (κ2) is 2.50. The Morgan fingerprint density at radius 3 is 2.18 bits per heavy atom. The van der Waals surface area contributed by atoms with Crippen LogP contribution >= 0.6 is 0 Å². The van der Waals surface area contributed by atoms with Gasteiger partial charge in [0.2, 0.25) is 17.7 Å². The molecule has 0 aromatic rings. The van der Waals surface area contributed by atoms with Crippen LogP contribution in [0, 0.1) is 0 Å². The third kappa shape index (κ3) is 1.68. The topological polar surface area (TPSA) is 67.4 Å². The maximum atomic E-state index is 10.8. The normalized spacial score (nSPS) is 22.4. The molecule has 0 radical (unpaired) electrons. The van der Waals surface area contributed by atoms with Crippen molar-refractivity contribution in [2.45, 2.75) is 19.2 Å². The molecule has 1 aliphatic rings. The van der Waals surface area contributed by atoms with E-state index in [4.69, 9.17) is 4.74 Å². The van der Waals surface area contributed by atoms with Crippen LogP contribution in [0.2, 0.25) is 0 Å². The van der Waals surface area contributed by atoms with E-state index in [1.54, 1.807) is 6.92 Å². The summed E-state index contributed by atoms with van der Waals surface area (Å²) in [7, 11) is 1.41. The van der Waals surface area contributed by atoms with E-state index >= 15 is 0 Å². The lowest BCUT2D eigenvalue weighted by Gasteiger charge is -2.33. The highest BCUT2D eigenvalue weighted by Gasteiger charge is 2.33. The highest BCUT2D eigenvalue weighted by molar-refractivity contribution is 5.99. The SMILES string of the molecule is COC1(C)NC(=O)CC(=O)N1. The van der Waals surface area contributed by atoms with Crippen LogP contribution in [0.15, 0.2) is 0 Å². The van der Waals surface area contributed by atoms with Gasteiger partial charge < -0.3 is 15.4 Å². The van der Waals surface area contributed by atoms with Crippen molar-refractivity contribution in [3.05, 3.63) is 0 Å². The average molecular weight is 158 g/mol. The number of amides is 2. The summed E-state index contributed by atoms with van der Waals surface area (Å²) >= 11 is 0. The molecular weight excluding hydrogens is 148 g/mol. The van der Waals surface area contributed by atoms with Crippen molar-refractivity contribution in [1.82, 2.24) is 10.6 Å². The van der Waals surface area contributed by atoms with Crippen LogP contribution in [-0.4, -0.2) is 24.8 Å². The Morgan fingerprint density at radius 2 is 1.82 bits per heavy atom. The largest absolute Gasteiger partial charge is 0.342 e. The molecule has 0 atom stereocenters. The van der Waals surface area contributed by atoms with E-state index < -0.39 is 5.85 Å². The molecule has 11 heavy (non-hydrogen) atoms. The molecule has 0 bridgehead atoms. The summed E-state index contributed by atoms with van der Waals surface area (Å²) in [6.45, 7) is 1.57. The molecule has 1 aliphatic heterocycles. The Hall–Kier alpha value is -1.10. The fraction of sp³-hybridized carbons (Fsp3) is 0.667. The van der Waals surface area contributed by atoms with Crippen LogP contribution in [0.4, 0.5) is 0 Å². The first-order valence-corrected chi connectivity index (χ1v) is 3.23. The van der Waals surface area contributed by atoms with Crippen molar-refractivity contribution in [1.29, 1.82) is 0 Å². The van der Waals surface area contributed by atoms with E-state index in [0.717, 1.165) is 0 Å². The molecule has 0 saturated carbocycles. The molecule has 5 heteroatoms. The minimum Gasteiger partial charge on any atom is -0.342 e. The fourth-order valence-corrected chi connectivity index (χ4v) is 0.900. The fourth-order valence-electron chi connectivity index (χ4n) is 0.900. The van der Waals surface area contributed by atoms with Gasteiger partial charge in [-0.2, -0.15) is 0 Å². The Labute approximate surface area is 64.1 Å². The summed E-state index contributed by atoms with van der Waals surface area (Å²) < 4.78 is 4.86. The van der Waals surface area contributed by atoms with Gasteiger partial charge in [0.05, 0.1) is 0 Å². The van der Waals surface area contributed by atoms with Crippen LogP contribution in [-0.2, 0) is 14.3 Å². The average Bonchev–Trinajstić information content (AvgIpc) is 1.84. The molecule has 2 amide bonds. The van der Waals surface area contributed by atoms with E-state index in [0.29, 0.717) is 0 Å². The Kier molecular flexibility index (Phi) is 1.82. The standard InChI is InChI=1S/C6H10N2O3/c1-6(11-2)7-4(9)3-5(10)8-6/h3H2,1-2H3,(H,7,9)(H,8,10). The molecule has 0 aromatic carbocycles. The molecule has 1 rings (SSSR count). The summed E-state index contributed by atoms with van der Waals surface area (Å²) in [6, 6.07) is 0. The van der Waals surface area contributed by atoms with Gasteiger partial charge in [-0.15, -0.1) is 0 Å². The van der Waals surface area contributed by atoms with Crippen molar-refractivity contribution in [2.75, 3.05) is 7.11 Å². The van der Waals surface area contributed by atoms with Crippen molar-refractivity contribution >= 4 is 11.8 Å². The van der Waals surface area contributed by atoms with E-state index in [-0.39, 0.29) is 18.2 Å². The van der Waals surface area contributed by atoms with Crippen LogP contribution in [0.3, 0.4) is 0 Å². The first-order chi connectivity index (χ1) is 5.06. The summed E-state index contributed by atoms with van der Waals surface area (Å²) in [6.07, 6.45) is -0.126. The maximum absolute atomic E-state index is 10.8. The number of carbonyl (C=O) groups excluding carboxylic acids is 2. The first-order valence-electron chi connectivity index (χ1n) is 3.23. The van der Waals surface area contributed by atoms with Gasteiger partial charge in [-0.1, -0.05) is 0 Å². The number of hydrogen-bond donors (Lipinski definition) is 2. The van der Waals surface area contributed by atoms with Gasteiger partial charge in [0.1, 0.15) is 6.42 Å². The van der Waals surface area contributed by atoms with Crippen molar-refractivity contribution < 1.29 is 14.3 Å². The summed E-state index contributed by atoms with van der Waals surface area (Å²) in [5.74, 6) is -1.68. The molecule has 1 saturated heterocycles. The molecule has 0 spiro atoms. The maximum Gasteiger partial charge on any atom is 0.233 e. The van der Waals surface area contributed by atoms with Gasteiger partial charge in [-0.05, 0) is 0 Å². The molecule has 5 nitrogen and oxygen atoms in total. The first kappa shape index (κ1) is 8.00. The summed E-state index contributed by atoms with van der Waals surface area (Å²) in [5.41, 5.74) is 0. The van der Waals surface area contributed by atoms with Crippen molar-refractivity contribution in [3.8, 4) is 0 Å². The molecule has 62 valence electrons. The van der Waals surface area contributed by atoms with Crippen LogP contribution in [0.25, 0.3) is 0 Å². The number of nitrogens with one attached hydrogen (secondary N) is 2. The van der Waals surface area contributed by atoms with E-state index in [1.165, 1.54) is 7.11 Å². The number of ether oxygens (including phenoxy) is 1. The highest BCUT2D eigenvalue weighted by atomic mass is 16.5. The third-order valence-electron chi connectivity index (χ3n) is 1.49. The number of hydrogen-bond acceptors (Lipinski definition) is 3. The quantitative estimate of drug-likeness (QED) is 0.478. The second-order valence-corrected chi connectivity index (χ2v) is 2.51. The monoisotopic (exact) mass is 158 g/mol. The van der Waals surface area contributed by atoms with Gasteiger partial charge in [-0.25, -0.2) is 0 Å². The Morgan fingerprint density at radius 1 is 1.36 bits per heavy atom. The molecule has 0 unspecified atom stereocenters. The Bertz CT molecular complexity index is 186. The predicted molar refractivity (Wildman–Crippen MR) is 36.3 cm³/mol. The molecule has 2 N–H and O–H groups in total.